The largest absolute Gasteiger partial charge is 0.392 e. The molecule has 1 amide bonds. The molecule has 224 valence electrons. The van der Waals surface area contributed by atoms with Crippen LogP contribution in [0.25, 0.3) is 0 Å². The average Bonchev–Trinajstić information content (AvgIpc) is 3.06. The molecule has 0 radical (unpaired) electrons. The smallest absolute Gasteiger partial charge is 0.257 e. The summed E-state index contributed by atoms with van der Waals surface area (Å²) in [6.07, 6.45) is 1.29. The van der Waals surface area contributed by atoms with Gasteiger partial charge >= 0.3 is 0 Å². The number of pyridine rings is 1. The van der Waals surface area contributed by atoms with E-state index in [4.69, 9.17) is 9.47 Å². The van der Waals surface area contributed by atoms with Gasteiger partial charge in [0.05, 0.1) is 30.5 Å². The molecule has 8 nitrogen and oxygen atoms in total. The van der Waals surface area contributed by atoms with Gasteiger partial charge in [-0.2, -0.15) is 0 Å². The van der Waals surface area contributed by atoms with Gasteiger partial charge in [0, 0.05) is 42.1 Å². The van der Waals surface area contributed by atoms with Crippen molar-refractivity contribution in [3.8, 4) is 0 Å². The molecule has 1 fully saturated rings. The third-order valence-corrected chi connectivity index (χ3v) is 8.23. The van der Waals surface area contributed by atoms with Crippen molar-refractivity contribution in [2.75, 3.05) is 18.9 Å². The summed E-state index contributed by atoms with van der Waals surface area (Å²) >= 11 is 0. The first-order valence-electron chi connectivity index (χ1n) is 14.6. The molecule has 1 aliphatic heterocycles. The van der Waals surface area contributed by atoms with Gasteiger partial charge in [-0.25, -0.2) is 0 Å². The number of ether oxygens (including phenoxy) is 2. The van der Waals surface area contributed by atoms with Crippen LogP contribution in [-0.2, 0) is 16.1 Å². The molecule has 0 unspecified atom stereocenters. The van der Waals surface area contributed by atoms with E-state index in [1.807, 2.05) is 92.8 Å². The Bertz CT molecular complexity index is 1470. The Balaban J connectivity index is 1.38. The number of aliphatic hydroxyl groups excluding tert-OH is 2. The molecule has 1 aromatic heterocycles. The van der Waals surface area contributed by atoms with E-state index < -0.39 is 12.4 Å². The standard InChI is InChI=1S/C35H39N3O5/c1-23-31(21-38(3)24(2)32(40)26-9-5-4-6-10-26)42-35(43-33(23)27-16-14-25(22-39)15-17-27)28-11-7-13-30(19-28)37-34(41)29-12-8-18-36-20-29/h4-20,23-24,31-33,35,39-40H,21-22H2,1-3H3,(H,37,41)/t23-,24-,31+,32-,33+,35+/m0/s1. The van der Waals surface area contributed by atoms with Gasteiger partial charge in [0.2, 0.25) is 0 Å². The Kier molecular flexibility index (Phi) is 9.97. The van der Waals surface area contributed by atoms with E-state index in [0.29, 0.717) is 17.8 Å². The van der Waals surface area contributed by atoms with Gasteiger partial charge in [0.1, 0.15) is 0 Å². The molecule has 43 heavy (non-hydrogen) atoms. The van der Waals surface area contributed by atoms with Gasteiger partial charge in [0.15, 0.2) is 6.29 Å². The van der Waals surface area contributed by atoms with Crippen LogP contribution in [0.1, 0.15) is 65.0 Å². The zero-order valence-corrected chi connectivity index (χ0v) is 24.7. The highest BCUT2D eigenvalue weighted by Crippen LogP contribution is 2.42. The number of benzene rings is 3. The molecule has 3 aromatic carbocycles. The van der Waals surface area contributed by atoms with Gasteiger partial charge in [-0.05, 0) is 54.9 Å². The fourth-order valence-electron chi connectivity index (χ4n) is 5.41. The summed E-state index contributed by atoms with van der Waals surface area (Å²) in [6, 6.07) is 28.2. The Morgan fingerprint density at radius 3 is 2.44 bits per heavy atom. The molecule has 0 aliphatic carbocycles. The van der Waals surface area contributed by atoms with Crippen LogP contribution in [0.15, 0.2) is 103 Å². The number of carbonyl (C=O) groups excluding carboxylic acids is 1. The predicted molar refractivity (Wildman–Crippen MR) is 165 cm³/mol. The molecule has 1 saturated heterocycles. The molecular weight excluding hydrogens is 542 g/mol. The second-order valence-electron chi connectivity index (χ2n) is 11.2. The number of hydrogen-bond donors (Lipinski definition) is 3. The number of rotatable bonds is 10. The van der Waals surface area contributed by atoms with Crippen molar-refractivity contribution < 1.29 is 24.5 Å². The number of likely N-dealkylation sites (N-methyl/N-ethyl adjacent to an activating group) is 1. The summed E-state index contributed by atoms with van der Waals surface area (Å²) < 4.78 is 13.2. The fourth-order valence-corrected chi connectivity index (χ4v) is 5.41. The fraction of sp³-hybridized carbons (Fsp3) is 0.314. The lowest BCUT2D eigenvalue weighted by molar-refractivity contribution is -0.276. The Labute approximate surface area is 252 Å². The molecule has 4 aromatic rings. The molecule has 8 heteroatoms. The summed E-state index contributed by atoms with van der Waals surface area (Å²) in [6.45, 7) is 4.66. The number of hydrogen-bond acceptors (Lipinski definition) is 7. The van der Waals surface area contributed by atoms with E-state index in [9.17, 15) is 15.0 Å². The Morgan fingerprint density at radius 1 is 0.977 bits per heavy atom. The van der Waals surface area contributed by atoms with Crippen LogP contribution >= 0.6 is 0 Å². The molecule has 1 aliphatic rings. The predicted octanol–water partition coefficient (Wildman–Crippen LogP) is 5.67. The minimum absolute atomic E-state index is 0.0202. The van der Waals surface area contributed by atoms with Crippen molar-refractivity contribution in [2.24, 2.45) is 5.92 Å². The maximum Gasteiger partial charge on any atom is 0.257 e. The number of carbonyl (C=O) groups is 1. The van der Waals surface area contributed by atoms with E-state index in [0.717, 1.165) is 22.3 Å². The van der Waals surface area contributed by atoms with Crippen LogP contribution in [0, 0.1) is 5.92 Å². The van der Waals surface area contributed by atoms with Crippen LogP contribution in [0.4, 0.5) is 5.69 Å². The molecule has 3 N–H and O–H groups in total. The number of anilines is 1. The topological polar surface area (TPSA) is 104 Å². The van der Waals surface area contributed by atoms with Crippen LogP contribution < -0.4 is 5.32 Å². The Morgan fingerprint density at radius 2 is 1.74 bits per heavy atom. The highest BCUT2D eigenvalue weighted by atomic mass is 16.7. The van der Waals surface area contributed by atoms with Crippen molar-refractivity contribution >= 4 is 11.6 Å². The minimum atomic E-state index is -0.693. The first-order chi connectivity index (χ1) is 20.8. The summed E-state index contributed by atoms with van der Waals surface area (Å²) in [7, 11) is 2.00. The number of amides is 1. The minimum Gasteiger partial charge on any atom is -0.392 e. The second kappa shape index (κ2) is 14.0. The summed E-state index contributed by atoms with van der Waals surface area (Å²) in [4.78, 5) is 18.9. The zero-order chi connectivity index (χ0) is 30.3. The summed E-state index contributed by atoms with van der Waals surface area (Å²) in [5.41, 5.74) is 4.55. The van der Waals surface area contributed by atoms with Crippen molar-refractivity contribution in [1.82, 2.24) is 9.88 Å². The Hall–Kier alpha value is -3.92. The number of nitrogens with one attached hydrogen (secondary N) is 1. The first kappa shape index (κ1) is 30.5. The first-order valence-corrected chi connectivity index (χ1v) is 14.6. The third kappa shape index (κ3) is 7.36. The van der Waals surface area contributed by atoms with Crippen molar-refractivity contribution in [3.05, 3.63) is 131 Å². The van der Waals surface area contributed by atoms with Crippen molar-refractivity contribution in [1.29, 1.82) is 0 Å². The third-order valence-electron chi connectivity index (χ3n) is 8.23. The van der Waals surface area contributed by atoms with E-state index in [1.165, 1.54) is 6.20 Å². The average molecular weight is 582 g/mol. The number of aromatic nitrogens is 1. The van der Waals surface area contributed by atoms with E-state index in [-0.39, 0.29) is 36.7 Å². The van der Waals surface area contributed by atoms with Crippen LogP contribution in [0.5, 0.6) is 0 Å². The van der Waals surface area contributed by atoms with Gasteiger partial charge in [-0.3, -0.25) is 14.7 Å². The highest BCUT2D eigenvalue weighted by Gasteiger charge is 2.39. The summed E-state index contributed by atoms with van der Waals surface area (Å²) in [5, 5.41) is 23.6. The molecule has 0 spiro atoms. The molecule has 2 heterocycles. The van der Waals surface area contributed by atoms with E-state index in [1.54, 1.807) is 18.3 Å². The second-order valence-corrected chi connectivity index (χ2v) is 11.2. The van der Waals surface area contributed by atoms with Gasteiger partial charge in [-0.15, -0.1) is 0 Å². The van der Waals surface area contributed by atoms with Gasteiger partial charge < -0.3 is 25.0 Å². The van der Waals surface area contributed by atoms with Crippen molar-refractivity contribution in [3.63, 3.8) is 0 Å². The van der Waals surface area contributed by atoms with Gasteiger partial charge in [0.25, 0.3) is 5.91 Å². The van der Waals surface area contributed by atoms with E-state index >= 15 is 0 Å². The maximum atomic E-state index is 12.8. The monoisotopic (exact) mass is 581 g/mol. The lowest BCUT2D eigenvalue weighted by Gasteiger charge is -2.43. The van der Waals surface area contributed by atoms with Crippen LogP contribution in [-0.4, -0.2) is 51.7 Å². The lowest BCUT2D eigenvalue weighted by atomic mass is 9.89. The van der Waals surface area contributed by atoms with Crippen molar-refractivity contribution in [2.45, 2.75) is 51.1 Å². The maximum absolute atomic E-state index is 12.8. The molecule has 0 bridgehead atoms. The number of aliphatic hydroxyl groups is 2. The quantitative estimate of drug-likeness (QED) is 0.222. The molecule has 0 saturated carbocycles. The SMILES string of the molecule is C[C@H]1[C@@H](CN(C)[C@@H](C)[C@H](O)c2ccccc2)O[C@@H](c2cccc(NC(=O)c3cccnc3)c2)O[C@H]1c1ccc(CO)cc1. The van der Waals surface area contributed by atoms with Crippen LogP contribution in [0.2, 0.25) is 0 Å². The zero-order valence-electron chi connectivity index (χ0n) is 24.7. The lowest BCUT2D eigenvalue weighted by Crippen LogP contribution is -2.46. The number of nitrogens with zero attached hydrogens (tertiary/aromatic N) is 2. The normalized spacial score (nSPS) is 21.7. The van der Waals surface area contributed by atoms with E-state index in [2.05, 4.69) is 22.1 Å². The highest BCUT2D eigenvalue weighted by molar-refractivity contribution is 6.04. The summed E-state index contributed by atoms with van der Waals surface area (Å²) in [5.74, 6) is -0.273. The molecule has 5 rings (SSSR count). The van der Waals surface area contributed by atoms with Crippen LogP contribution in [0.3, 0.4) is 0 Å². The molecular formula is C35H39N3O5. The van der Waals surface area contributed by atoms with Gasteiger partial charge in [-0.1, -0.05) is 73.7 Å². The molecule has 6 atom stereocenters.